The standard InChI is InChI=1S/C15H20NS2.CH4O4S/c1-5-12(17-4)10-15-16(6-2)13-9-11(3)7-8-14(13)18-15;1-5-6(2,3)4/h7-10H,5-6H2,1-4H3;1H3,(H,2,3,4)/q+1;/p-1/b12-10-;. The molecule has 0 unspecified atom stereocenters. The highest BCUT2D eigenvalue weighted by atomic mass is 32.3. The summed E-state index contributed by atoms with van der Waals surface area (Å²) >= 11 is 3.74. The zero-order valence-corrected chi connectivity index (χ0v) is 17.0. The smallest absolute Gasteiger partial charge is 0.263 e. The van der Waals surface area contributed by atoms with E-state index in [1.54, 1.807) is 0 Å². The third kappa shape index (κ3) is 6.18. The van der Waals surface area contributed by atoms with Crippen molar-refractivity contribution in [3.05, 3.63) is 33.7 Å². The second kappa shape index (κ2) is 9.53. The van der Waals surface area contributed by atoms with Gasteiger partial charge in [-0.1, -0.05) is 24.3 Å². The van der Waals surface area contributed by atoms with Crippen molar-refractivity contribution in [1.82, 2.24) is 0 Å². The predicted molar refractivity (Wildman–Crippen MR) is 101 cm³/mol. The summed E-state index contributed by atoms with van der Waals surface area (Å²) in [6.07, 6.45) is 5.61. The van der Waals surface area contributed by atoms with E-state index in [0.717, 1.165) is 20.1 Å². The summed E-state index contributed by atoms with van der Waals surface area (Å²) in [4.78, 5) is 1.44. The largest absolute Gasteiger partial charge is 0.726 e. The molecule has 1 heterocycles. The molecule has 5 nitrogen and oxygen atoms in total. The molecule has 0 aliphatic heterocycles. The van der Waals surface area contributed by atoms with Crippen LogP contribution in [0.4, 0.5) is 0 Å². The van der Waals surface area contributed by atoms with E-state index in [-0.39, 0.29) is 0 Å². The van der Waals surface area contributed by atoms with E-state index < -0.39 is 10.4 Å². The molecule has 0 aliphatic rings. The van der Waals surface area contributed by atoms with Crippen LogP contribution in [0.5, 0.6) is 0 Å². The van der Waals surface area contributed by atoms with Gasteiger partial charge in [-0.3, -0.25) is 4.18 Å². The van der Waals surface area contributed by atoms with Crippen molar-refractivity contribution < 1.29 is 21.7 Å². The van der Waals surface area contributed by atoms with Gasteiger partial charge in [0.05, 0.1) is 7.11 Å². The molecule has 0 atom stereocenters. The summed E-state index contributed by atoms with van der Waals surface area (Å²) in [5.74, 6) is 0. The van der Waals surface area contributed by atoms with E-state index in [9.17, 15) is 13.0 Å². The van der Waals surface area contributed by atoms with Crippen LogP contribution in [0.3, 0.4) is 0 Å². The fourth-order valence-corrected chi connectivity index (χ4v) is 3.85. The second-order valence-corrected chi connectivity index (χ2v) is 8.04. The molecule has 2 aromatic rings. The molecule has 0 fully saturated rings. The first kappa shape index (κ1) is 21.1. The van der Waals surface area contributed by atoms with Crippen molar-refractivity contribution in [3.63, 3.8) is 0 Å². The minimum Gasteiger partial charge on any atom is -0.726 e. The molecule has 0 amide bonds. The number of fused-ring (bicyclic) bond motifs is 1. The van der Waals surface area contributed by atoms with Gasteiger partial charge < -0.3 is 4.55 Å². The maximum atomic E-state index is 9.22. The summed E-state index contributed by atoms with van der Waals surface area (Å²) in [6.45, 7) is 7.62. The van der Waals surface area contributed by atoms with Gasteiger partial charge >= 0.3 is 0 Å². The molecule has 0 bridgehead atoms. The predicted octanol–water partition coefficient (Wildman–Crippen LogP) is 3.72. The number of thioether (sulfide) groups is 1. The van der Waals surface area contributed by atoms with Crippen LogP contribution in [0.25, 0.3) is 16.3 Å². The van der Waals surface area contributed by atoms with Gasteiger partial charge in [0.2, 0.25) is 15.9 Å². The molecule has 0 N–H and O–H groups in total. The van der Waals surface area contributed by atoms with Gasteiger partial charge in [0.1, 0.15) is 11.2 Å². The average molecular weight is 390 g/mol. The summed E-state index contributed by atoms with van der Waals surface area (Å²) in [5.41, 5.74) is 2.70. The average Bonchev–Trinajstić information content (AvgIpc) is 2.88. The lowest BCUT2D eigenvalue weighted by Gasteiger charge is -1.98. The highest BCUT2D eigenvalue weighted by Crippen LogP contribution is 2.26. The minimum atomic E-state index is -4.41. The van der Waals surface area contributed by atoms with Crippen molar-refractivity contribution in [2.45, 2.75) is 33.7 Å². The van der Waals surface area contributed by atoms with E-state index in [2.05, 4.69) is 60.1 Å². The van der Waals surface area contributed by atoms with Gasteiger partial charge in [-0.2, -0.15) is 4.57 Å². The Morgan fingerprint density at radius 2 is 2.04 bits per heavy atom. The van der Waals surface area contributed by atoms with Crippen LogP contribution in [0.15, 0.2) is 23.1 Å². The maximum absolute atomic E-state index is 9.22. The SMILES string of the molecule is CC/C(=C/c1sc2ccc(C)cc2[n+]1CC)SC.COS(=O)(=O)[O-]. The molecular formula is C16H23NO4S3. The number of nitrogens with zero attached hydrogens (tertiary/aromatic N) is 1. The Labute approximate surface area is 152 Å². The quantitative estimate of drug-likeness (QED) is 0.443. The van der Waals surface area contributed by atoms with E-state index in [0.29, 0.717) is 0 Å². The van der Waals surface area contributed by atoms with Crippen molar-refractivity contribution in [3.8, 4) is 0 Å². The van der Waals surface area contributed by atoms with Crippen LogP contribution >= 0.6 is 23.1 Å². The Morgan fingerprint density at radius 3 is 2.50 bits per heavy atom. The number of thiazole rings is 1. The van der Waals surface area contributed by atoms with Crippen LogP contribution in [-0.2, 0) is 21.1 Å². The van der Waals surface area contributed by atoms with Crippen LogP contribution in [0.2, 0.25) is 0 Å². The maximum Gasteiger partial charge on any atom is 0.263 e. The van der Waals surface area contributed by atoms with Gasteiger partial charge in [-0.15, -0.1) is 11.8 Å². The van der Waals surface area contributed by atoms with Crippen molar-refractivity contribution in [2.75, 3.05) is 13.4 Å². The van der Waals surface area contributed by atoms with Crippen LogP contribution in [-0.4, -0.2) is 26.3 Å². The Bertz CT molecular complexity index is 804. The van der Waals surface area contributed by atoms with Gasteiger partial charge in [-0.25, -0.2) is 8.42 Å². The lowest BCUT2D eigenvalue weighted by atomic mass is 10.2. The number of hydrogen-bond donors (Lipinski definition) is 0. The third-order valence-corrected chi connectivity index (χ3v) is 5.75. The molecule has 0 saturated heterocycles. The Kier molecular flexibility index (Phi) is 8.38. The topological polar surface area (TPSA) is 70.3 Å². The van der Waals surface area contributed by atoms with Gasteiger partial charge in [-0.05, 0) is 43.1 Å². The van der Waals surface area contributed by atoms with E-state index in [1.165, 1.54) is 25.7 Å². The summed E-state index contributed by atoms with van der Waals surface area (Å²) in [5, 5.41) is 1.37. The third-order valence-electron chi connectivity index (χ3n) is 3.30. The number of rotatable bonds is 5. The summed E-state index contributed by atoms with van der Waals surface area (Å²) in [7, 11) is -3.60. The van der Waals surface area contributed by atoms with Crippen molar-refractivity contribution in [1.29, 1.82) is 0 Å². The first-order chi connectivity index (χ1) is 11.3. The highest BCUT2D eigenvalue weighted by molar-refractivity contribution is 8.02. The molecule has 2 rings (SSSR count). The number of allylic oxidation sites excluding steroid dienone is 1. The van der Waals surface area contributed by atoms with Gasteiger partial charge in [0.15, 0.2) is 0 Å². The van der Waals surface area contributed by atoms with Crippen LogP contribution < -0.4 is 4.57 Å². The normalized spacial score (nSPS) is 12.2. The molecule has 0 spiro atoms. The number of hydrogen-bond acceptors (Lipinski definition) is 6. The van der Waals surface area contributed by atoms with Crippen LogP contribution in [0, 0.1) is 6.92 Å². The Balaban J connectivity index is 0.000000413. The number of aryl methyl sites for hydroxylation is 2. The summed E-state index contributed by atoms with van der Waals surface area (Å²) in [6, 6.07) is 6.72. The second-order valence-electron chi connectivity index (χ2n) is 4.90. The molecular weight excluding hydrogens is 366 g/mol. The fraction of sp³-hybridized carbons (Fsp3) is 0.438. The summed E-state index contributed by atoms with van der Waals surface area (Å²) < 4.78 is 34.8. The molecule has 1 aromatic heterocycles. The number of benzene rings is 1. The monoisotopic (exact) mass is 389 g/mol. The molecule has 0 radical (unpaired) electrons. The zero-order chi connectivity index (χ0) is 18.3. The lowest BCUT2D eigenvalue weighted by molar-refractivity contribution is -0.665. The van der Waals surface area contributed by atoms with Gasteiger partial charge in [0.25, 0.3) is 5.01 Å². The fourth-order valence-electron chi connectivity index (χ4n) is 2.09. The van der Waals surface area contributed by atoms with E-state index in [1.807, 2.05) is 23.1 Å². The number of aromatic nitrogens is 1. The first-order valence-corrected chi connectivity index (χ1v) is 10.8. The molecule has 1 aromatic carbocycles. The minimum absolute atomic E-state index is 0.808. The Morgan fingerprint density at radius 1 is 1.42 bits per heavy atom. The zero-order valence-electron chi connectivity index (χ0n) is 14.5. The van der Waals surface area contributed by atoms with Crippen molar-refractivity contribution >= 4 is 49.8 Å². The van der Waals surface area contributed by atoms with Crippen LogP contribution in [0.1, 0.15) is 30.8 Å². The highest BCUT2D eigenvalue weighted by Gasteiger charge is 2.17. The van der Waals surface area contributed by atoms with E-state index in [4.69, 9.17) is 0 Å². The van der Waals surface area contributed by atoms with Crippen molar-refractivity contribution in [2.24, 2.45) is 0 Å². The molecule has 0 saturated carbocycles. The van der Waals surface area contributed by atoms with E-state index >= 15 is 0 Å². The first-order valence-electron chi connectivity index (χ1n) is 7.44. The molecule has 8 heteroatoms. The molecule has 24 heavy (non-hydrogen) atoms. The Hall–Kier alpha value is -0.930. The molecule has 0 aliphatic carbocycles. The molecule has 134 valence electrons. The lowest BCUT2D eigenvalue weighted by Crippen LogP contribution is -2.33. The van der Waals surface area contributed by atoms with Gasteiger partial charge in [0, 0.05) is 12.1 Å².